The van der Waals surface area contributed by atoms with Crippen LogP contribution in [-0.2, 0) is 0 Å². The Morgan fingerprint density at radius 2 is 2.00 bits per heavy atom. The number of rotatable bonds is 5. The normalized spacial score (nSPS) is 15.8. The second kappa shape index (κ2) is 5.46. The summed E-state index contributed by atoms with van der Waals surface area (Å²) >= 11 is 0. The van der Waals surface area contributed by atoms with E-state index in [0.29, 0.717) is 12.0 Å². The fraction of sp³-hybridized carbons (Fsp3) is 0.750. The summed E-state index contributed by atoms with van der Waals surface area (Å²) < 4.78 is 1.83. The Morgan fingerprint density at radius 3 is 2.44 bits per heavy atom. The van der Waals surface area contributed by atoms with Crippen molar-refractivity contribution < 1.29 is 5.11 Å². The minimum atomic E-state index is -0.616. The van der Waals surface area contributed by atoms with E-state index >= 15 is 0 Å². The minimum Gasteiger partial charge on any atom is -0.387 e. The molecule has 0 amide bonds. The maximum atomic E-state index is 10.1. The van der Waals surface area contributed by atoms with Crippen LogP contribution >= 0.6 is 0 Å². The van der Waals surface area contributed by atoms with E-state index in [9.17, 15) is 5.11 Å². The van der Waals surface area contributed by atoms with Gasteiger partial charge in [0, 0.05) is 23.8 Å². The second-order valence-electron chi connectivity index (χ2n) is 5.09. The van der Waals surface area contributed by atoms with Crippen LogP contribution in [0.4, 0.5) is 0 Å². The van der Waals surface area contributed by atoms with Gasteiger partial charge >= 0.3 is 0 Å². The molecule has 0 radical (unpaired) electrons. The third-order valence-corrected chi connectivity index (χ3v) is 2.64. The van der Waals surface area contributed by atoms with Gasteiger partial charge < -0.3 is 10.8 Å². The van der Waals surface area contributed by atoms with Crippen molar-refractivity contribution in [1.82, 2.24) is 9.78 Å². The summed E-state index contributed by atoms with van der Waals surface area (Å²) in [7, 11) is 0. The van der Waals surface area contributed by atoms with E-state index in [1.54, 1.807) is 6.20 Å². The number of nitrogens with two attached hydrogens (primary N) is 1. The third-order valence-electron chi connectivity index (χ3n) is 2.64. The number of hydrogen-bond donors (Lipinski definition) is 2. The van der Waals surface area contributed by atoms with Crippen LogP contribution in [-0.4, -0.2) is 20.9 Å². The Morgan fingerprint density at radius 1 is 1.38 bits per heavy atom. The van der Waals surface area contributed by atoms with Gasteiger partial charge in [-0.15, -0.1) is 0 Å². The predicted octanol–water partition coefficient (Wildman–Crippen LogP) is 1.87. The minimum absolute atomic E-state index is 0.218. The summed E-state index contributed by atoms with van der Waals surface area (Å²) in [6, 6.07) is 0.0899. The first-order valence-electron chi connectivity index (χ1n) is 5.89. The molecule has 0 aromatic carbocycles. The zero-order valence-electron chi connectivity index (χ0n) is 10.6. The molecule has 4 heteroatoms. The average Bonchev–Trinajstić information content (AvgIpc) is 2.64. The SMILES string of the molecule is CC(C)CC(N)C(O)c1cnn(C(C)C)c1. The largest absolute Gasteiger partial charge is 0.387 e. The predicted molar refractivity (Wildman–Crippen MR) is 65.0 cm³/mol. The van der Waals surface area contributed by atoms with Crippen LogP contribution in [0.15, 0.2) is 12.4 Å². The molecule has 1 aromatic rings. The number of aliphatic hydroxyl groups is 1. The van der Waals surface area contributed by atoms with Crippen molar-refractivity contribution in [3.05, 3.63) is 18.0 Å². The van der Waals surface area contributed by atoms with Gasteiger partial charge in [-0.1, -0.05) is 13.8 Å². The second-order valence-corrected chi connectivity index (χ2v) is 5.09. The highest BCUT2D eigenvalue weighted by molar-refractivity contribution is 5.10. The van der Waals surface area contributed by atoms with E-state index in [0.717, 1.165) is 12.0 Å². The lowest BCUT2D eigenvalue weighted by Crippen LogP contribution is -2.29. The maximum Gasteiger partial charge on any atom is 0.0971 e. The van der Waals surface area contributed by atoms with Gasteiger partial charge in [0.25, 0.3) is 0 Å². The molecular weight excluding hydrogens is 202 g/mol. The van der Waals surface area contributed by atoms with Crippen LogP contribution in [0, 0.1) is 5.92 Å². The smallest absolute Gasteiger partial charge is 0.0971 e. The molecule has 0 aliphatic carbocycles. The number of aliphatic hydroxyl groups excluding tert-OH is 1. The summed E-state index contributed by atoms with van der Waals surface area (Å²) in [5, 5.41) is 14.3. The molecule has 0 saturated carbocycles. The van der Waals surface area contributed by atoms with Crippen LogP contribution in [0.2, 0.25) is 0 Å². The highest BCUT2D eigenvalue weighted by Gasteiger charge is 2.19. The lowest BCUT2D eigenvalue weighted by molar-refractivity contribution is 0.136. The molecule has 0 bridgehead atoms. The zero-order chi connectivity index (χ0) is 12.3. The first-order chi connectivity index (χ1) is 7.41. The Kier molecular flexibility index (Phi) is 4.50. The standard InChI is InChI=1S/C12H23N3O/c1-8(2)5-11(13)12(16)10-6-14-15(7-10)9(3)4/h6-9,11-12,16H,5,13H2,1-4H3. The summed E-state index contributed by atoms with van der Waals surface area (Å²) in [5.41, 5.74) is 6.76. The quantitative estimate of drug-likeness (QED) is 0.804. The Labute approximate surface area is 97.5 Å². The van der Waals surface area contributed by atoms with Crippen molar-refractivity contribution in [2.75, 3.05) is 0 Å². The van der Waals surface area contributed by atoms with E-state index in [1.807, 2.05) is 10.9 Å². The highest BCUT2D eigenvalue weighted by Crippen LogP contribution is 2.20. The van der Waals surface area contributed by atoms with Crippen LogP contribution < -0.4 is 5.73 Å². The molecule has 0 spiro atoms. The molecule has 16 heavy (non-hydrogen) atoms. The molecule has 92 valence electrons. The van der Waals surface area contributed by atoms with Crippen molar-refractivity contribution in [2.24, 2.45) is 11.7 Å². The van der Waals surface area contributed by atoms with Gasteiger partial charge in [0.1, 0.15) is 0 Å². The molecule has 2 atom stereocenters. The van der Waals surface area contributed by atoms with Gasteiger partial charge in [0.2, 0.25) is 0 Å². The lowest BCUT2D eigenvalue weighted by atomic mass is 9.97. The van der Waals surface area contributed by atoms with Gasteiger partial charge in [0.05, 0.1) is 12.3 Å². The first-order valence-corrected chi connectivity index (χ1v) is 5.89. The van der Waals surface area contributed by atoms with Crippen molar-refractivity contribution in [3.8, 4) is 0 Å². The van der Waals surface area contributed by atoms with Crippen molar-refractivity contribution >= 4 is 0 Å². The highest BCUT2D eigenvalue weighted by atomic mass is 16.3. The van der Waals surface area contributed by atoms with Crippen molar-refractivity contribution in [2.45, 2.75) is 52.3 Å². The zero-order valence-corrected chi connectivity index (χ0v) is 10.6. The number of aromatic nitrogens is 2. The van der Waals surface area contributed by atoms with E-state index in [-0.39, 0.29) is 6.04 Å². The Bertz CT molecular complexity index is 320. The van der Waals surface area contributed by atoms with Gasteiger partial charge in [-0.25, -0.2) is 0 Å². The van der Waals surface area contributed by atoms with E-state index in [4.69, 9.17) is 5.73 Å². The molecule has 0 fully saturated rings. The van der Waals surface area contributed by atoms with Gasteiger partial charge in [-0.05, 0) is 26.2 Å². The maximum absolute atomic E-state index is 10.1. The number of nitrogens with zero attached hydrogens (tertiary/aromatic N) is 2. The molecule has 1 aromatic heterocycles. The molecule has 0 aliphatic rings. The first kappa shape index (κ1) is 13.2. The average molecular weight is 225 g/mol. The fourth-order valence-electron chi connectivity index (χ4n) is 1.71. The molecule has 2 unspecified atom stereocenters. The summed E-state index contributed by atoms with van der Waals surface area (Å²) in [6.45, 7) is 8.31. The number of hydrogen-bond acceptors (Lipinski definition) is 3. The van der Waals surface area contributed by atoms with Gasteiger partial charge in [0.15, 0.2) is 0 Å². The molecule has 0 saturated heterocycles. The van der Waals surface area contributed by atoms with E-state index in [1.165, 1.54) is 0 Å². The van der Waals surface area contributed by atoms with Crippen LogP contribution in [0.1, 0.15) is 51.8 Å². The van der Waals surface area contributed by atoms with Crippen LogP contribution in [0.25, 0.3) is 0 Å². The van der Waals surface area contributed by atoms with Crippen LogP contribution in [0.3, 0.4) is 0 Å². The monoisotopic (exact) mass is 225 g/mol. The van der Waals surface area contributed by atoms with E-state index in [2.05, 4.69) is 32.8 Å². The molecule has 0 aliphatic heterocycles. The van der Waals surface area contributed by atoms with E-state index < -0.39 is 6.10 Å². The summed E-state index contributed by atoms with van der Waals surface area (Å²) in [5.74, 6) is 0.491. The topological polar surface area (TPSA) is 64.1 Å². The fourth-order valence-corrected chi connectivity index (χ4v) is 1.71. The van der Waals surface area contributed by atoms with Crippen LogP contribution in [0.5, 0.6) is 0 Å². The molecule has 4 nitrogen and oxygen atoms in total. The molecule has 1 rings (SSSR count). The lowest BCUT2D eigenvalue weighted by Gasteiger charge is -2.19. The summed E-state index contributed by atoms with van der Waals surface area (Å²) in [4.78, 5) is 0. The Balaban J connectivity index is 2.68. The van der Waals surface area contributed by atoms with Crippen molar-refractivity contribution in [1.29, 1.82) is 0 Å². The molecule has 1 heterocycles. The molecule has 3 N–H and O–H groups in total. The van der Waals surface area contributed by atoms with Gasteiger partial charge in [-0.3, -0.25) is 4.68 Å². The Hall–Kier alpha value is -0.870. The molecular formula is C12H23N3O. The summed E-state index contributed by atoms with van der Waals surface area (Å²) in [6.07, 6.45) is 3.77. The van der Waals surface area contributed by atoms with Gasteiger partial charge in [-0.2, -0.15) is 5.10 Å². The van der Waals surface area contributed by atoms with Crippen molar-refractivity contribution in [3.63, 3.8) is 0 Å². The third kappa shape index (κ3) is 3.32.